The Balaban J connectivity index is 1.33. The number of aliphatic hydroxyl groups excluding tert-OH is 1. The largest absolute Gasteiger partial charge is 0.483 e. The summed E-state index contributed by atoms with van der Waals surface area (Å²) in [5.74, 6) is 0.229. The number of azide groups is 1. The minimum absolute atomic E-state index is 0.0962. The highest BCUT2D eigenvalue weighted by Crippen LogP contribution is 2.34. The first kappa shape index (κ1) is 28.3. The van der Waals surface area contributed by atoms with Crippen LogP contribution in [0, 0.1) is 0 Å². The van der Waals surface area contributed by atoms with E-state index >= 15 is 0 Å². The van der Waals surface area contributed by atoms with Crippen LogP contribution in [-0.2, 0) is 20.9 Å². The number of hydrogen-bond donors (Lipinski definition) is 4. The summed E-state index contributed by atoms with van der Waals surface area (Å²) < 4.78 is 13.1. The number of aliphatic hydroxyl groups is 1. The Bertz CT molecular complexity index is 1470. The maximum Gasteiger partial charge on any atom is 0.260 e. The van der Waals surface area contributed by atoms with Crippen molar-refractivity contribution in [3.8, 4) is 5.75 Å². The number of carbonyl (C=O) groups is 2. The second-order valence-electron chi connectivity index (χ2n) is 9.32. The molecule has 5 rings (SSSR count). The van der Waals surface area contributed by atoms with Crippen LogP contribution in [0.3, 0.4) is 0 Å². The summed E-state index contributed by atoms with van der Waals surface area (Å²) in [6.45, 7) is 2.90. The van der Waals surface area contributed by atoms with Gasteiger partial charge in [0.1, 0.15) is 30.3 Å². The van der Waals surface area contributed by atoms with E-state index in [1.165, 1.54) is 24.3 Å². The van der Waals surface area contributed by atoms with Crippen molar-refractivity contribution in [1.29, 1.82) is 0 Å². The molecule has 3 aromatic rings. The molecule has 16 nitrogen and oxygen atoms in total. The molecule has 2 amide bonds. The number of piperazine rings is 1. The van der Waals surface area contributed by atoms with Gasteiger partial charge in [0, 0.05) is 55.3 Å². The molecule has 0 saturated carbocycles. The number of imidazole rings is 1. The number of fused-ring (bicyclic) bond motifs is 1. The van der Waals surface area contributed by atoms with E-state index in [2.05, 4.69) is 40.9 Å². The fraction of sp³-hybridized carbons (Fsp3) is 0.458. The first-order chi connectivity index (χ1) is 19.9. The Morgan fingerprint density at radius 1 is 1.32 bits per heavy atom. The molecule has 0 aliphatic carbocycles. The highest BCUT2D eigenvalue weighted by atomic mass is 35.5. The number of benzene rings is 1. The van der Waals surface area contributed by atoms with Gasteiger partial charge in [-0.05, 0) is 23.7 Å². The third-order valence-electron chi connectivity index (χ3n) is 6.85. The van der Waals surface area contributed by atoms with Gasteiger partial charge in [0.25, 0.3) is 5.91 Å². The predicted molar refractivity (Wildman–Crippen MR) is 146 cm³/mol. The Labute approximate surface area is 238 Å². The Kier molecular flexibility index (Phi) is 8.66. The molecule has 2 aliphatic rings. The number of nitrogens with one attached hydrogen (secondary N) is 3. The molecule has 17 heteroatoms. The lowest BCUT2D eigenvalue weighted by molar-refractivity contribution is -0.134. The number of hydrogen-bond acceptors (Lipinski definition) is 11. The van der Waals surface area contributed by atoms with E-state index in [-0.39, 0.29) is 19.1 Å². The summed E-state index contributed by atoms with van der Waals surface area (Å²) in [4.78, 5) is 42.3. The van der Waals surface area contributed by atoms with Crippen LogP contribution in [0.15, 0.2) is 36.0 Å². The summed E-state index contributed by atoms with van der Waals surface area (Å²) in [7, 11) is 1.41. The molecule has 4 atom stereocenters. The molecule has 2 fully saturated rings. The van der Waals surface area contributed by atoms with Crippen LogP contribution in [0.4, 0.5) is 5.82 Å². The second kappa shape index (κ2) is 12.5. The van der Waals surface area contributed by atoms with Gasteiger partial charge < -0.3 is 35.4 Å². The standard InChI is InChI=1S/C24H28ClN11O5/c1-27-23(39)20-17(33-34-26)19(38)24(41-20)36-12-32-18-21(30-11-31-22(18)36)29-9-13-8-14(25)2-3-15(13)40-10-16(37)35-6-4-28-5-7-35/h2-3,8,11-12,17,19-20,24,28,38H,4-7,9-10H2,1H3,(H,27,39)(H,29,30,31)/t17-,19+,20-,24+/m0/s1. The van der Waals surface area contributed by atoms with Crippen molar-refractivity contribution in [2.24, 2.45) is 5.11 Å². The van der Waals surface area contributed by atoms with Crippen LogP contribution < -0.4 is 20.7 Å². The zero-order valence-electron chi connectivity index (χ0n) is 22.0. The number of nitrogens with zero attached hydrogens (tertiary/aromatic N) is 8. The quantitative estimate of drug-likeness (QED) is 0.156. The number of anilines is 1. The zero-order chi connectivity index (χ0) is 28.9. The van der Waals surface area contributed by atoms with E-state index < -0.39 is 30.4 Å². The van der Waals surface area contributed by atoms with Gasteiger partial charge in [-0.2, -0.15) is 0 Å². The van der Waals surface area contributed by atoms with E-state index in [4.69, 9.17) is 26.6 Å². The molecule has 41 heavy (non-hydrogen) atoms. The smallest absolute Gasteiger partial charge is 0.260 e. The SMILES string of the molecule is CNC(=O)[C@H]1O[C@@H](n2cnc3c(NCc4cc(Cl)ccc4OCC(=O)N4CCNCC4)ncnc32)[C@H](O)[C@@H]1N=[N+]=[N-]. The molecule has 2 aromatic heterocycles. The van der Waals surface area contributed by atoms with Gasteiger partial charge in [-0.15, -0.1) is 0 Å². The Hall–Kier alpha value is -4.21. The third kappa shape index (κ3) is 5.96. The van der Waals surface area contributed by atoms with E-state index in [1.807, 2.05) is 0 Å². The number of likely N-dealkylation sites (N-methyl/N-ethyl adjacent to an activating group) is 1. The fourth-order valence-corrected chi connectivity index (χ4v) is 4.95. The minimum Gasteiger partial charge on any atom is -0.483 e. The average molecular weight is 586 g/mol. The van der Waals surface area contributed by atoms with Crippen molar-refractivity contribution in [3.63, 3.8) is 0 Å². The number of aromatic nitrogens is 4. The molecule has 216 valence electrons. The first-order valence-electron chi connectivity index (χ1n) is 12.8. The van der Waals surface area contributed by atoms with Gasteiger partial charge in [-0.3, -0.25) is 14.2 Å². The molecular formula is C24H28ClN11O5. The van der Waals surface area contributed by atoms with Crippen molar-refractivity contribution >= 4 is 40.4 Å². The van der Waals surface area contributed by atoms with Crippen LogP contribution >= 0.6 is 11.6 Å². The minimum atomic E-state index is -1.34. The lowest BCUT2D eigenvalue weighted by Crippen LogP contribution is -2.47. The van der Waals surface area contributed by atoms with Crippen molar-refractivity contribution in [2.45, 2.75) is 31.0 Å². The summed E-state index contributed by atoms with van der Waals surface area (Å²) in [5, 5.41) is 23.7. The number of rotatable bonds is 9. The molecule has 4 heterocycles. The van der Waals surface area contributed by atoms with E-state index in [0.717, 1.165) is 13.1 Å². The van der Waals surface area contributed by atoms with Gasteiger partial charge >= 0.3 is 0 Å². The van der Waals surface area contributed by atoms with Gasteiger partial charge in [0.15, 0.2) is 29.8 Å². The van der Waals surface area contributed by atoms with Crippen molar-refractivity contribution in [2.75, 3.05) is 45.2 Å². The van der Waals surface area contributed by atoms with Crippen molar-refractivity contribution in [3.05, 3.63) is 51.9 Å². The highest BCUT2D eigenvalue weighted by Gasteiger charge is 2.48. The average Bonchev–Trinajstić information content (AvgIpc) is 3.56. The molecule has 4 N–H and O–H groups in total. The monoisotopic (exact) mass is 585 g/mol. The summed E-state index contributed by atoms with van der Waals surface area (Å²) in [5.41, 5.74) is 10.3. The van der Waals surface area contributed by atoms with E-state index in [0.29, 0.717) is 46.4 Å². The number of carbonyl (C=O) groups excluding carboxylic acids is 2. The molecule has 0 unspecified atom stereocenters. The maximum absolute atomic E-state index is 12.6. The van der Waals surface area contributed by atoms with Gasteiger partial charge in [-0.1, -0.05) is 16.7 Å². The van der Waals surface area contributed by atoms with Crippen LogP contribution in [0.25, 0.3) is 21.6 Å². The zero-order valence-corrected chi connectivity index (χ0v) is 22.7. The predicted octanol–water partition coefficient (Wildman–Crippen LogP) is 0.586. The molecule has 0 bridgehead atoms. The number of ether oxygens (including phenoxy) is 2. The Morgan fingerprint density at radius 2 is 2.12 bits per heavy atom. The summed E-state index contributed by atoms with van der Waals surface area (Å²) in [6, 6.07) is 3.97. The topological polar surface area (TPSA) is 205 Å². The number of halogens is 1. The molecule has 2 aliphatic heterocycles. The van der Waals surface area contributed by atoms with E-state index in [1.54, 1.807) is 23.1 Å². The molecule has 2 saturated heterocycles. The fourth-order valence-electron chi connectivity index (χ4n) is 4.76. The second-order valence-corrected chi connectivity index (χ2v) is 9.76. The molecular weight excluding hydrogens is 558 g/mol. The molecule has 1 aromatic carbocycles. The van der Waals surface area contributed by atoms with Crippen LogP contribution in [0.2, 0.25) is 5.02 Å². The van der Waals surface area contributed by atoms with Crippen LogP contribution in [-0.4, -0.2) is 99.4 Å². The summed E-state index contributed by atoms with van der Waals surface area (Å²) in [6.07, 6.45) is -0.929. The van der Waals surface area contributed by atoms with Gasteiger partial charge in [-0.25, -0.2) is 15.0 Å². The number of amides is 2. The van der Waals surface area contributed by atoms with Crippen LogP contribution in [0.5, 0.6) is 5.75 Å². The normalized spacial score (nSPS) is 22.3. The van der Waals surface area contributed by atoms with E-state index in [9.17, 15) is 14.7 Å². The molecule has 0 spiro atoms. The lowest BCUT2D eigenvalue weighted by atomic mass is 10.1. The van der Waals surface area contributed by atoms with Crippen molar-refractivity contribution in [1.82, 2.24) is 35.1 Å². The highest BCUT2D eigenvalue weighted by molar-refractivity contribution is 6.30. The van der Waals surface area contributed by atoms with Crippen molar-refractivity contribution < 1.29 is 24.2 Å². The Morgan fingerprint density at radius 3 is 2.88 bits per heavy atom. The summed E-state index contributed by atoms with van der Waals surface area (Å²) >= 11 is 6.24. The third-order valence-corrected chi connectivity index (χ3v) is 7.09. The van der Waals surface area contributed by atoms with Crippen LogP contribution in [0.1, 0.15) is 11.8 Å². The lowest BCUT2D eigenvalue weighted by Gasteiger charge is -2.27. The van der Waals surface area contributed by atoms with Gasteiger partial charge in [0.2, 0.25) is 5.91 Å². The van der Waals surface area contributed by atoms with Gasteiger partial charge in [0.05, 0.1) is 6.33 Å². The molecule has 0 radical (unpaired) electrons. The maximum atomic E-state index is 12.6. The first-order valence-corrected chi connectivity index (χ1v) is 13.2.